The summed E-state index contributed by atoms with van der Waals surface area (Å²) in [4.78, 5) is 15.2. The molecule has 1 saturated heterocycles. The molecule has 0 saturated carbocycles. The molecule has 1 atom stereocenters. The molecule has 0 aliphatic carbocycles. The summed E-state index contributed by atoms with van der Waals surface area (Å²) in [5, 5.41) is 0. The first kappa shape index (κ1) is 19.4. The molecule has 0 spiro atoms. The van der Waals surface area contributed by atoms with Gasteiger partial charge in [0.15, 0.2) is 23.0 Å². The van der Waals surface area contributed by atoms with Crippen molar-refractivity contribution < 1.29 is 23.7 Å². The molecule has 1 unspecified atom stereocenters. The van der Waals surface area contributed by atoms with Gasteiger partial charge in [-0.2, -0.15) is 0 Å². The molecule has 2 aromatic rings. The van der Waals surface area contributed by atoms with Crippen LogP contribution in [0, 0.1) is 0 Å². The SMILES string of the molecule is CCOc1ccc(C(=O)N2CCCC2c2ccc3c(c2)OCCCO3)cc1OC. The number of ether oxygens (including phenoxy) is 4. The van der Waals surface area contributed by atoms with Crippen LogP contribution in [0.4, 0.5) is 0 Å². The first-order valence-corrected chi connectivity index (χ1v) is 10.2. The number of nitrogens with zero attached hydrogens (tertiary/aromatic N) is 1. The van der Waals surface area contributed by atoms with E-state index in [0.717, 1.165) is 42.9 Å². The van der Waals surface area contributed by atoms with Crippen LogP contribution in [-0.4, -0.2) is 44.3 Å². The van der Waals surface area contributed by atoms with E-state index in [4.69, 9.17) is 18.9 Å². The Kier molecular flexibility index (Phi) is 5.79. The fourth-order valence-corrected chi connectivity index (χ4v) is 3.98. The van der Waals surface area contributed by atoms with E-state index in [1.807, 2.05) is 30.0 Å². The first-order valence-electron chi connectivity index (χ1n) is 10.2. The highest BCUT2D eigenvalue weighted by molar-refractivity contribution is 5.95. The van der Waals surface area contributed by atoms with Crippen molar-refractivity contribution in [1.29, 1.82) is 0 Å². The average Bonchev–Trinajstić information content (AvgIpc) is 3.12. The molecule has 154 valence electrons. The molecule has 1 fully saturated rings. The Morgan fingerprint density at radius 3 is 2.69 bits per heavy atom. The molecule has 4 rings (SSSR count). The third-order valence-electron chi connectivity index (χ3n) is 5.38. The first-order chi connectivity index (χ1) is 14.2. The van der Waals surface area contributed by atoms with Crippen LogP contribution in [0.15, 0.2) is 36.4 Å². The summed E-state index contributed by atoms with van der Waals surface area (Å²) in [5.74, 6) is 2.76. The second kappa shape index (κ2) is 8.64. The van der Waals surface area contributed by atoms with Gasteiger partial charge in [0.05, 0.1) is 33.0 Å². The molecule has 0 bridgehead atoms. The molecule has 1 amide bonds. The predicted molar refractivity (Wildman–Crippen MR) is 109 cm³/mol. The number of carbonyl (C=O) groups excluding carboxylic acids is 1. The highest BCUT2D eigenvalue weighted by atomic mass is 16.5. The van der Waals surface area contributed by atoms with Crippen molar-refractivity contribution in [1.82, 2.24) is 4.90 Å². The van der Waals surface area contributed by atoms with E-state index < -0.39 is 0 Å². The Hall–Kier alpha value is -2.89. The lowest BCUT2D eigenvalue weighted by Crippen LogP contribution is -2.30. The minimum Gasteiger partial charge on any atom is -0.493 e. The average molecular weight is 397 g/mol. The number of amides is 1. The van der Waals surface area contributed by atoms with Crippen LogP contribution >= 0.6 is 0 Å². The van der Waals surface area contributed by atoms with Gasteiger partial charge >= 0.3 is 0 Å². The van der Waals surface area contributed by atoms with Gasteiger partial charge in [0, 0.05) is 18.5 Å². The van der Waals surface area contributed by atoms with Crippen LogP contribution in [0.5, 0.6) is 23.0 Å². The molecule has 2 aliphatic heterocycles. The van der Waals surface area contributed by atoms with E-state index in [-0.39, 0.29) is 11.9 Å². The number of fused-ring (bicyclic) bond motifs is 1. The van der Waals surface area contributed by atoms with Crippen molar-refractivity contribution in [2.24, 2.45) is 0 Å². The molecule has 6 heteroatoms. The Balaban J connectivity index is 1.58. The number of methoxy groups -OCH3 is 1. The lowest BCUT2D eigenvalue weighted by atomic mass is 10.0. The van der Waals surface area contributed by atoms with Crippen LogP contribution in [-0.2, 0) is 0 Å². The van der Waals surface area contributed by atoms with Crippen molar-refractivity contribution in [2.75, 3.05) is 33.5 Å². The largest absolute Gasteiger partial charge is 0.493 e. The van der Waals surface area contributed by atoms with E-state index in [2.05, 4.69) is 0 Å². The van der Waals surface area contributed by atoms with Gasteiger partial charge in [-0.25, -0.2) is 0 Å². The van der Waals surface area contributed by atoms with Gasteiger partial charge in [0.2, 0.25) is 0 Å². The Morgan fingerprint density at radius 1 is 1.07 bits per heavy atom. The number of hydrogen-bond acceptors (Lipinski definition) is 5. The van der Waals surface area contributed by atoms with Crippen LogP contribution in [0.2, 0.25) is 0 Å². The van der Waals surface area contributed by atoms with Crippen LogP contribution < -0.4 is 18.9 Å². The minimum atomic E-state index is 0.000889. The topological polar surface area (TPSA) is 57.2 Å². The van der Waals surface area contributed by atoms with Crippen LogP contribution in [0.3, 0.4) is 0 Å². The van der Waals surface area contributed by atoms with Gasteiger partial charge in [-0.05, 0) is 55.7 Å². The monoisotopic (exact) mass is 397 g/mol. The molecule has 2 heterocycles. The van der Waals surface area contributed by atoms with Crippen LogP contribution in [0.1, 0.15) is 48.1 Å². The van der Waals surface area contributed by atoms with Gasteiger partial charge < -0.3 is 23.8 Å². The number of likely N-dealkylation sites (tertiary alicyclic amines) is 1. The Labute approximate surface area is 171 Å². The molecule has 0 N–H and O–H groups in total. The van der Waals surface area contributed by atoms with Crippen molar-refractivity contribution in [3.8, 4) is 23.0 Å². The van der Waals surface area contributed by atoms with E-state index >= 15 is 0 Å². The van der Waals surface area contributed by atoms with Crippen molar-refractivity contribution in [3.05, 3.63) is 47.5 Å². The summed E-state index contributed by atoms with van der Waals surface area (Å²) in [5.41, 5.74) is 1.68. The molecular weight excluding hydrogens is 370 g/mol. The van der Waals surface area contributed by atoms with Gasteiger partial charge in [0.25, 0.3) is 5.91 Å². The smallest absolute Gasteiger partial charge is 0.254 e. The van der Waals surface area contributed by atoms with Crippen molar-refractivity contribution in [2.45, 2.75) is 32.2 Å². The molecule has 0 aromatic heterocycles. The second-order valence-electron chi connectivity index (χ2n) is 7.21. The Morgan fingerprint density at radius 2 is 1.90 bits per heavy atom. The van der Waals surface area contributed by atoms with Gasteiger partial charge in [0.1, 0.15) is 0 Å². The summed E-state index contributed by atoms with van der Waals surface area (Å²) in [7, 11) is 1.59. The minimum absolute atomic E-state index is 0.000889. The normalized spacial score (nSPS) is 18.3. The lowest BCUT2D eigenvalue weighted by molar-refractivity contribution is 0.0735. The van der Waals surface area contributed by atoms with Gasteiger partial charge in [-0.3, -0.25) is 4.79 Å². The van der Waals surface area contributed by atoms with E-state index in [1.54, 1.807) is 25.3 Å². The summed E-state index contributed by atoms with van der Waals surface area (Å²) < 4.78 is 22.5. The van der Waals surface area contributed by atoms with Crippen molar-refractivity contribution >= 4 is 5.91 Å². The molecule has 6 nitrogen and oxygen atoms in total. The molecule has 2 aromatic carbocycles. The van der Waals surface area contributed by atoms with Crippen molar-refractivity contribution in [3.63, 3.8) is 0 Å². The lowest BCUT2D eigenvalue weighted by Gasteiger charge is -2.26. The molecule has 29 heavy (non-hydrogen) atoms. The number of rotatable bonds is 5. The predicted octanol–water partition coefficient (Wildman–Crippen LogP) is 4.23. The molecule has 0 radical (unpaired) electrons. The zero-order valence-electron chi connectivity index (χ0n) is 17.0. The second-order valence-corrected chi connectivity index (χ2v) is 7.21. The van der Waals surface area contributed by atoms with E-state index in [1.165, 1.54) is 0 Å². The van der Waals surface area contributed by atoms with E-state index in [9.17, 15) is 4.79 Å². The fraction of sp³-hybridized carbons (Fsp3) is 0.435. The summed E-state index contributed by atoms with van der Waals surface area (Å²) in [6, 6.07) is 11.4. The van der Waals surface area contributed by atoms with E-state index in [0.29, 0.717) is 36.9 Å². The zero-order chi connectivity index (χ0) is 20.2. The maximum Gasteiger partial charge on any atom is 0.254 e. The zero-order valence-corrected chi connectivity index (χ0v) is 17.0. The fourth-order valence-electron chi connectivity index (χ4n) is 3.98. The van der Waals surface area contributed by atoms with Gasteiger partial charge in [-0.1, -0.05) is 6.07 Å². The standard InChI is InChI=1S/C23H27NO5/c1-3-27-19-10-8-17(15-21(19)26-2)23(25)24-11-4-6-18(24)16-7-9-20-22(14-16)29-13-5-12-28-20/h7-10,14-15,18H,3-6,11-13H2,1-2H3. The Bertz CT molecular complexity index is 882. The summed E-state index contributed by atoms with van der Waals surface area (Å²) >= 11 is 0. The molecule has 2 aliphatic rings. The third kappa shape index (κ3) is 3.97. The highest BCUT2D eigenvalue weighted by Gasteiger charge is 2.31. The maximum atomic E-state index is 13.3. The number of hydrogen-bond donors (Lipinski definition) is 0. The highest BCUT2D eigenvalue weighted by Crippen LogP contribution is 2.39. The number of carbonyl (C=O) groups is 1. The number of benzene rings is 2. The summed E-state index contributed by atoms with van der Waals surface area (Å²) in [6.45, 7) is 4.51. The quantitative estimate of drug-likeness (QED) is 0.756. The summed E-state index contributed by atoms with van der Waals surface area (Å²) in [6.07, 6.45) is 2.77. The van der Waals surface area contributed by atoms with Gasteiger partial charge in [-0.15, -0.1) is 0 Å². The molecular formula is C23H27NO5. The maximum absolute atomic E-state index is 13.3. The van der Waals surface area contributed by atoms with Crippen LogP contribution in [0.25, 0.3) is 0 Å². The third-order valence-corrected chi connectivity index (χ3v) is 5.38.